The predicted molar refractivity (Wildman–Crippen MR) is 197 cm³/mol. The molecule has 2 aliphatic carbocycles. The summed E-state index contributed by atoms with van der Waals surface area (Å²) < 4.78 is 5.73. The average Bonchev–Trinajstić information content (AvgIpc) is 3.66. The number of fused-ring (bicyclic) bond motifs is 3. The highest BCUT2D eigenvalue weighted by Gasteiger charge is 2.72. The molecule has 0 radical (unpaired) electrons. The van der Waals surface area contributed by atoms with Crippen LogP contribution in [0, 0.1) is 17.3 Å². The molecule has 2 aliphatic heterocycles. The number of carbonyl (C=O) groups excluding carboxylic acids is 1. The van der Waals surface area contributed by atoms with Gasteiger partial charge in [-0.25, -0.2) is 24.5 Å². The van der Waals surface area contributed by atoms with E-state index in [1.165, 1.54) is 0 Å². The molecule has 3 N–H and O–H groups in total. The highest BCUT2D eigenvalue weighted by atomic mass is 16.6. The molecule has 52 heavy (non-hydrogen) atoms. The number of H-pyrrole nitrogens is 2. The van der Waals surface area contributed by atoms with E-state index >= 15 is 0 Å². The summed E-state index contributed by atoms with van der Waals surface area (Å²) in [6, 6.07) is 18.6. The lowest BCUT2D eigenvalue weighted by atomic mass is 9.82. The highest BCUT2D eigenvalue weighted by molar-refractivity contribution is 5.86. The van der Waals surface area contributed by atoms with Gasteiger partial charge in [-0.3, -0.25) is 9.80 Å². The van der Waals surface area contributed by atoms with Gasteiger partial charge in [0.25, 0.3) is 0 Å². The Morgan fingerprint density at radius 1 is 0.827 bits per heavy atom. The van der Waals surface area contributed by atoms with Gasteiger partial charge in [0.2, 0.25) is 0 Å². The summed E-state index contributed by atoms with van der Waals surface area (Å²) in [5, 5.41) is 11.3. The van der Waals surface area contributed by atoms with E-state index in [1.807, 2.05) is 44.0 Å². The lowest BCUT2D eigenvalue weighted by Gasteiger charge is -2.39. The second-order valence-corrected chi connectivity index (χ2v) is 17.2. The minimum Gasteiger partial charge on any atom is -0.465 e. The molecule has 268 valence electrons. The van der Waals surface area contributed by atoms with Crippen molar-refractivity contribution in [2.45, 2.75) is 96.5 Å². The number of aromatic amines is 2. The van der Waals surface area contributed by atoms with Crippen LogP contribution in [0.25, 0.3) is 44.7 Å². The number of imidazole rings is 2. The maximum atomic E-state index is 13.0. The lowest BCUT2D eigenvalue weighted by molar-refractivity contribution is 0.0175. The van der Waals surface area contributed by atoms with Gasteiger partial charge in [0.05, 0.1) is 52.6 Å². The minimum absolute atomic E-state index is 0.102. The van der Waals surface area contributed by atoms with Crippen molar-refractivity contribution in [2.75, 3.05) is 0 Å². The largest absolute Gasteiger partial charge is 0.465 e. The first-order valence-electron chi connectivity index (χ1n) is 18.4. The first-order chi connectivity index (χ1) is 24.7. The molecule has 2 saturated carbocycles. The Balaban J connectivity index is 0.903. The number of carboxylic acid groups (broad SMARTS) is 1. The summed E-state index contributed by atoms with van der Waals surface area (Å²) in [7, 11) is 0. The summed E-state index contributed by atoms with van der Waals surface area (Å²) in [6.45, 7) is 12.1. The van der Waals surface area contributed by atoms with Crippen LogP contribution in [0.1, 0.15) is 91.0 Å². The number of benzene rings is 2. The second kappa shape index (κ2) is 11.2. The lowest BCUT2D eigenvalue weighted by Crippen LogP contribution is -2.48. The van der Waals surface area contributed by atoms with Crippen molar-refractivity contribution >= 4 is 23.1 Å². The molecular weight excluding hydrogens is 654 g/mol. The first-order valence-corrected chi connectivity index (χ1v) is 18.4. The van der Waals surface area contributed by atoms with Gasteiger partial charge in [0.15, 0.2) is 0 Å². The number of piperidine rings is 2. The third kappa shape index (κ3) is 5.26. The second-order valence-electron chi connectivity index (χ2n) is 17.2. The van der Waals surface area contributed by atoms with E-state index in [2.05, 4.69) is 78.2 Å². The molecule has 0 bridgehead atoms. The van der Waals surface area contributed by atoms with Crippen LogP contribution in [-0.2, 0) is 4.74 Å². The summed E-state index contributed by atoms with van der Waals surface area (Å²) >= 11 is 0. The average molecular weight is 700 g/mol. The monoisotopic (exact) mass is 699 g/mol. The number of ether oxygens (including phenoxy) is 1. The van der Waals surface area contributed by atoms with Crippen molar-refractivity contribution < 1.29 is 19.4 Å². The van der Waals surface area contributed by atoms with Gasteiger partial charge >= 0.3 is 12.2 Å². The van der Waals surface area contributed by atoms with Gasteiger partial charge in [0.1, 0.15) is 17.2 Å². The standard InChI is InChI=1S/C41H45N7O4/c1-39(2,3)41-19-27(41)18-34(48(41)37(49)50)36-43-21-31(46-36)29-14-12-25-15-24(11-13-28(25)44-29)22-7-9-23(10-8-22)30-20-42-35(45-30)33-17-26-16-32(26)47(33)38(51)52-40(4,5)6/h7-15,20-21,26-27,32-34H,16-19H2,1-6H3,(H,42,45)(H,43,46)(H,49,50)/t26-,27-,32-,33+,34+,41-/m1/s1. The van der Waals surface area contributed by atoms with Crippen LogP contribution in [0.3, 0.4) is 0 Å². The Morgan fingerprint density at radius 2 is 1.50 bits per heavy atom. The third-order valence-corrected chi connectivity index (χ3v) is 11.9. The van der Waals surface area contributed by atoms with E-state index < -0.39 is 11.7 Å². The zero-order chi connectivity index (χ0) is 36.3. The summed E-state index contributed by atoms with van der Waals surface area (Å²) in [6.07, 6.45) is 6.11. The molecular formula is C41H45N7O4. The Kier molecular flexibility index (Phi) is 7.01. The number of rotatable bonds is 5. The molecule has 0 unspecified atom stereocenters. The smallest absolute Gasteiger partial charge is 0.411 e. The van der Waals surface area contributed by atoms with E-state index in [9.17, 15) is 14.7 Å². The predicted octanol–water partition coefficient (Wildman–Crippen LogP) is 8.98. The van der Waals surface area contributed by atoms with Crippen LogP contribution in [0.5, 0.6) is 0 Å². The topological polar surface area (TPSA) is 140 Å². The highest BCUT2D eigenvalue weighted by Crippen LogP contribution is 2.68. The molecule has 2 saturated heterocycles. The van der Waals surface area contributed by atoms with Gasteiger partial charge in [-0.15, -0.1) is 0 Å². The van der Waals surface area contributed by atoms with Gasteiger partial charge in [-0.05, 0) is 98.6 Å². The number of hydrogen-bond donors (Lipinski definition) is 3. The van der Waals surface area contributed by atoms with Gasteiger partial charge in [-0.2, -0.15) is 0 Å². The molecule has 5 aromatic rings. The van der Waals surface area contributed by atoms with Crippen LogP contribution < -0.4 is 0 Å². The zero-order valence-corrected chi connectivity index (χ0v) is 30.5. The molecule has 11 heteroatoms. The number of nitrogens with one attached hydrogen (secondary N) is 2. The van der Waals surface area contributed by atoms with Gasteiger partial charge < -0.3 is 19.8 Å². The molecule has 4 fully saturated rings. The van der Waals surface area contributed by atoms with Crippen molar-refractivity contribution in [1.29, 1.82) is 0 Å². The quantitative estimate of drug-likeness (QED) is 0.166. The van der Waals surface area contributed by atoms with Crippen molar-refractivity contribution in [1.82, 2.24) is 34.7 Å². The molecule has 0 spiro atoms. The maximum absolute atomic E-state index is 13.0. The van der Waals surface area contributed by atoms with Crippen LogP contribution in [0.2, 0.25) is 0 Å². The Labute approximate surface area is 302 Å². The fourth-order valence-electron chi connectivity index (χ4n) is 9.22. The summed E-state index contributed by atoms with van der Waals surface area (Å²) in [5.74, 6) is 2.36. The molecule has 5 heterocycles. The van der Waals surface area contributed by atoms with Crippen molar-refractivity contribution in [2.24, 2.45) is 17.3 Å². The fourth-order valence-corrected chi connectivity index (χ4v) is 9.22. The molecule has 11 nitrogen and oxygen atoms in total. The van der Waals surface area contributed by atoms with Crippen molar-refractivity contribution in [3.05, 3.63) is 78.6 Å². The third-order valence-electron chi connectivity index (χ3n) is 11.9. The number of amides is 2. The fraction of sp³-hybridized carbons (Fsp3) is 0.439. The maximum Gasteiger partial charge on any atom is 0.411 e. The van der Waals surface area contributed by atoms with Gasteiger partial charge in [-0.1, -0.05) is 57.2 Å². The number of nitrogens with zero attached hydrogens (tertiary/aromatic N) is 5. The SMILES string of the molecule is CC(C)(C)OC(=O)N1[C@@H]2C[C@@H]2C[C@H]1c1ncc(-c2ccc(-c3ccc4nc(-c5cnc([C@@H]6C[C@@H]7C[C@@]7(C(C)(C)C)N6C(=O)O)[nH]5)ccc4c3)cc2)[nH]1. The van der Waals surface area contributed by atoms with Crippen molar-refractivity contribution in [3.63, 3.8) is 0 Å². The number of pyridine rings is 1. The summed E-state index contributed by atoms with van der Waals surface area (Å²) in [5.41, 5.74) is 5.50. The molecule has 2 amide bonds. The number of aromatic nitrogens is 5. The van der Waals surface area contributed by atoms with Crippen LogP contribution in [0.4, 0.5) is 9.59 Å². The van der Waals surface area contributed by atoms with E-state index in [4.69, 9.17) is 14.7 Å². The van der Waals surface area contributed by atoms with E-state index in [1.54, 1.807) is 11.1 Å². The molecule has 2 aromatic carbocycles. The molecule has 9 rings (SSSR count). The first kappa shape index (κ1) is 32.7. The van der Waals surface area contributed by atoms with E-state index in [0.717, 1.165) is 76.2 Å². The Bertz CT molecular complexity index is 2230. The number of hydrogen-bond acceptors (Lipinski definition) is 6. The van der Waals surface area contributed by atoms with Gasteiger partial charge in [0, 0.05) is 11.4 Å². The minimum atomic E-state index is -0.883. The van der Waals surface area contributed by atoms with Crippen LogP contribution >= 0.6 is 0 Å². The Hall–Kier alpha value is -5.19. The van der Waals surface area contributed by atoms with Crippen LogP contribution in [0.15, 0.2) is 67.0 Å². The number of carbonyl (C=O) groups is 2. The molecule has 3 aromatic heterocycles. The molecule has 6 atom stereocenters. The molecule has 4 aliphatic rings. The zero-order valence-electron chi connectivity index (χ0n) is 30.5. The van der Waals surface area contributed by atoms with E-state index in [0.29, 0.717) is 17.7 Å². The van der Waals surface area contributed by atoms with Crippen molar-refractivity contribution in [3.8, 4) is 33.8 Å². The number of likely N-dealkylation sites (tertiary alicyclic amines) is 2. The Morgan fingerprint density at radius 3 is 2.21 bits per heavy atom. The van der Waals surface area contributed by atoms with E-state index in [-0.39, 0.29) is 35.2 Å². The normalized spacial score (nSPS) is 26.4. The van der Waals surface area contributed by atoms with Crippen LogP contribution in [-0.4, -0.2) is 69.2 Å². The summed E-state index contributed by atoms with van der Waals surface area (Å²) in [4.78, 5) is 50.3.